The van der Waals surface area contributed by atoms with Crippen LogP contribution in [0, 0.1) is 17.2 Å². The highest BCUT2D eigenvalue weighted by Gasteiger charge is 2.32. The number of benzene rings is 2. The van der Waals surface area contributed by atoms with Gasteiger partial charge in [-0.05, 0) is 48.2 Å². The van der Waals surface area contributed by atoms with Gasteiger partial charge >= 0.3 is 0 Å². The summed E-state index contributed by atoms with van der Waals surface area (Å²) in [5.41, 5.74) is 1.58. The molecule has 1 N–H and O–H groups in total. The number of rotatable bonds is 10. The van der Waals surface area contributed by atoms with Gasteiger partial charge in [0, 0.05) is 32.3 Å². The van der Waals surface area contributed by atoms with Crippen molar-refractivity contribution >= 4 is 22.8 Å². The molecule has 4 atom stereocenters. The second-order valence-corrected chi connectivity index (χ2v) is 10.8. The standard InChI is InChI=1S/C32H36N6O4/c1-22-13-16-37(29(39)12-15-33)19-28(22)36(3)30-27-14-17-38(31(27)35-20-34-30)21-41-32(40)23(2)24-8-7-11-26(18-24)42-25-9-5-4-6-10-25/h4-11,14,17-18,20,22-23,28,32,40H,12-13,16,19,21H2,1-3H3/t22-,23?,28+,32?/m1/s1. The van der Waals surface area contributed by atoms with Gasteiger partial charge in [0.05, 0.1) is 17.5 Å². The molecule has 10 nitrogen and oxygen atoms in total. The van der Waals surface area contributed by atoms with Crippen molar-refractivity contribution in [3.8, 4) is 17.6 Å². The molecule has 0 spiro atoms. The molecule has 4 aromatic rings. The van der Waals surface area contributed by atoms with Crippen LogP contribution in [-0.2, 0) is 16.3 Å². The Kier molecular flexibility index (Phi) is 9.00. The first kappa shape index (κ1) is 29.0. The summed E-state index contributed by atoms with van der Waals surface area (Å²) < 4.78 is 13.7. The minimum atomic E-state index is -1.06. The molecule has 1 aliphatic heterocycles. The van der Waals surface area contributed by atoms with E-state index in [0.717, 1.165) is 28.9 Å². The predicted molar refractivity (Wildman–Crippen MR) is 159 cm³/mol. The molecular weight excluding hydrogens is 532 g/mol. The maximum atomic E-state index is 12.4. The van der Waals surface area contributed by atoms with Crippen LogP contribution >= 0.6 is 0 Å². The van der Waals surface area contributed by atoms with Crippen molar-refractivity contribution in [3.05, 3.63) is 78.8 Å². The molecule has 2 aromatic carbocycles. The number of hydrogen-bond acceptors (Lipinski definition) is 8. The molecule has 1 amide bonds. The first-order valence-corrected chi connectivity index (χ1v) is 14.2. The van der Waals surface area contributed by atoms with Crippen LogP contribution in [0.5, 0.6) is 11.5 Å². The van der Waals surface area contributed by atoms with Crippen molar-refractivity contribution in [3.63, 3.8) is 0 Å². The quantitative estimate of drug-likeness (QED) is 0.268. The third-order valence-corrected chi connectivity index (χ3v) is 8.04. The lowest BCUT2D eigenvalue weighted by atomic mass is 9.92. The van der Waals surface area contributed by atoms with Crippen LogP contribution in [0.2, 0.25) is 0 Å². The van der Waals surface area contributed by atoms with Crippen LogP contribution < -0.4 is 9.64 Å². The van der Waals surface area contributed by atoms with E-state index in [1.807, 2.05) is 91.5 Å². The van der Waals surface area contributed by atoms with Crippen molar-refractivity contribution < 1.29 is 19.4 Å². The maximum Gasteiger partial charge on any atom is 0.236 e. The third-order valence-electron chi connectivity index (χ3n) is 8.04. The molecule has 0 aliphatic carbocycles. The van der Waals surface area contributed by atoms with Crippen LogP contribution in [0.25, 0.3) is 11.0 Å². The minimum Gasteiger partial charge on any atom is -0.457 e. The molecule has 2 unspecified atom stereocenters. The zero-order valence-electron chi connectivity index (χ0n) is 24.1. The summed E-state index contributed by atoms with van der Waals surface area (Å²) in [5.74, 6) is 2.09. The van der Waals surface area contributed by atoms with E-state index in [1.165, 1.54) is 6.33 Å². The van der Waals surface area contributed by atoms with Crippen molar-refractivity contribution in [2.75, 3.05) is 25.0 Å². The van der Waals surface area contributed by atoms with E-state index in [-0.39, 0.29) is 31.0 Å². The summed E-state index contributed by atoms with van der Waals surface area (Å²) in [6.07, 6.45) is 3.08. The number of aliphatic hydroxyl groups excluding tert-OH is 1. The smallest absolute Gasteiger partial charge is 0.236 e. The first-order valence-electron chi connectivity index (χ1n) is 14.2. The SMILES string of the molecule is CC(c1cccc(Oc2ccccc2)c1)C(O)OCn1ccc2c(N(C)[C@H]3CN(C(=O)CC#N)CC[C@H]3C)ncnc21. The molecule has 42 heavy (non-hydrogen) atoms. The second kappa shape index (κ2) is 13.0. The Labute approximate surface area is 245 Å². The van der Waals surface area contributed by atoms with E-state index in [2.05, 4.69) is 21.8 Å². The molecule has 0 bridgehead atoms. The zero-order valence-corrected chi connectivity index (χ0v) is 24.1. The van der Waals surface area contributed by atoms with E-state index in [9.17, 15) is 9.90 Å². The lowest BCUT2D eigenvalue weighted by Gasteiger charge is -2.42. The van der Waals surface area contributed by atoms with Crippen LogP contribution in [-0.4, -0.2) is 62.9 Å². The summed E-state index contributed by atoms with van der Waals surface area (Å²) in [6, 6.07) is 21.1. The molecule has 3 heterocycles. The van der Waals surface area contributed by atoms with Gasteiger partial charge in [-0.1, -0.05) is 44.2 Å². The minimum absolute atomic E-state index is 0.0448. The number of carbonyl (C=O) groups is 1. The summed E-state index contributed by atoms with van der Waals surface area (Å²) in [4.78, 5) is 25.3. The van der Waals surface area contributed by atoms with Crippen LogP contribution in [0.4, 0.5) is 5.82 Å². The molecule has 1 aliphatic rings. The summed E-state index contributed by atoms with van der Waals surface area (Å²) in [7, 11) is 1.98. The van der Waals surface area contributed by atoms with Crippen LogP contribution in [0.3, 0.4) is 0 Å². The third kappa shape index (κ3) is 6.38. The van der Waals surface area contributed by atoms with Crippen molar-refractivity contribution in [1.29, 1.82) is 5.26 Å². The number of aliphatic hydroxyl groups is 1. The summed E-state index contributed by atoms with van der Waals surface area (Å²) in [5, 5.41) is 20.7. The van der Waals surface area contributed by atoms with Crippen molar-refractivity contribution in [2.24, 2.45) is 5.92 Å². The number of likely N-dealkylation sites (N-methyl/N-ethyl adjacent to an activating group) is 1. The molecule has 218 valence electrons. The Bertz CT molecular complexity index is 1550. The fourth-order valence-electron chi connectivity index (χ4n) is 5.44. The number of aromatic nitrogens is 3. The van der Waals surface area contributed by atoms with Gasteiger partial charge in [0.1, 0.15) is 42.4 Å². The monoisotopic (exact) mass is 568 g/mol. The topological polar surface area (TPSA) is 117 Å². The number of anilines is 1. The molecule has 2 aromatic heterocycles. The number of nitrogens with zero attached hydrogens (tertiary/aromatic N) is 6. The second-order valence-electron chi connectivity index (χ2n) is 10.8. The van der Waals surface area contributed by atoms with Crippen LogP contribution in [0.1, 0.15) is 38.2 Å². The predicted octanol–water partition coefficient (Wildman–Crippen LogP) is 4.91. The Morgan fingerprint density at radius 2 is 1.95 bits per heavy atom. The number of ether oxygens (including phenoxy) is 2. The number of piperidine rings is 1. The Morgan fingerprint density at radius 1 is 1.17 bits per heavy atom. The van der Waals surface area contributed by atoms with Gasteiger partial charge < -0.3 is 28.9 Å². The molecule has 0 radical (unpaired) electrons. The molecular formula is C32H36N6O4. The molecule has 0 saturated carbocycles. The number of amides is 1. The van der Waals surface area contributed by atoms with Gasteiger partial charge in [0.15, 0.2) is 6.29 Å². The van der Waals surface area contributed by atoms with E-state index in [4.69, 9.17) is 14.7 Å². The number of nitriles is 1. The average molecular weight is 569 g/mol. The van der Waals surface area contributed by atoms with Gasteiger partial charge in [-0.15, -0.1) is 0 Å². The van der Waals surface area contributed by atoms with E-state index in [0.29, 0.717) is 30.4 Å². The normalized spacial score (nSPS) is 18.3. The largest absolute Gasteiger partial charge is 0.457 e. The van der Waals surface area contributed by atoms with Crippen LogP contribution in [0.15, 0.2) is 73.2 Å². The average Bonchev–Trinajstić information content (AvgIpc) is 3.43. The Balaban J connectivity index is 1.26. The molecule has 5 rings (SSSR count). The van der Waals surface area contributed by atoms with Gasteiger partial charge in [0.2, 0.25) is 5.91 Å². The Hall–Kier alpha value is -4.46. The first-order chi connectivity index (χ1) is 20.4. The van der Waals surface area contributed by atoms with E-state index in [1.54, 1.807) is 4.90 Å². The molecule has 10 heteroatoms. The number of fused-ring (bicyclic) bond motifs is 1. The highest BCUT2D eigenvalue weighted by atomic mass is 16.6. The highest BCUT2D eigenvalue weighted by Crippen LogP contribution is 2.31. The number of para-hydroxylation sites is 1. The summed E-state index contributed by atoms with van der Waals surface area (Å²) in [6.45, 7) is 5.38. The van der Waals surface area contributed by atoms with Crippen molar-refractivity contribution in [2.45, 2.75) is 51.7 Å². The number of likely N-dealkylation sites (tertiary alicyclic amines) is 1. The fourth-order valence-corrected chi connectivity index (χ4v) is 5.44. The number of carbonyl (C=O) groups excluding carboxylic acids is 1. The van der Waals surface area contributed by atoms with E-state index >= 15 is 0 Å². The lowest BCUT2D eigenvalue weighted by molar-refractivity contribution is -0.136. The van der Waals surface area contributed by atoms with Crippen molar-refractivity contribution in [1.82, 2.24) is 19.4 Å². The number of hydrogen-bond donors (Lipinski definition) is 1. The molecule has 1 fully saturated rings. The highest BCUT2D eigenvalue weighted by molar-refractivity contribution is 5.88. The van der Waals surface area contributed by atoms with Gasteiger partial charge in [0.25, 0.3) is 0 Å². The van der Waals surface area contributed by atoms with Gasteiger partial charge in [-0.3, -0.25) is 4.79 Å². The summed E-state index contributed by atoms with van der Waals surface area (Å²) >= 11 is 0. The Morgan fingerprint density at radius 3 is 2.74 bits per heavy atom. The van der Waals surface area contributed by atoms with Gasteiger partial charge in [-0.2, -0.15) is 5.26 Å². The lowest BCUT2D eigenvalue weighted by Crippen LogP contribution is -2.52. The maximum absolute atomic E-state index is 12.4. The molecule has 1 saturated heterocycles. The van der Waals surface area contributed by atoms with E-state index < -0.39 is 6.29 Å². The fraction of sp³-hybridized carbons (Fsp3) is 0.375. The van der Waals surface area contributed by atoms with Gasteiger partial charge in [-0.25, -0.2) is 9.97 Å². The zero-order chi connectivity index (χ0) is 29.6.